The predicted octanol–water partition coefficient (Wildman–Crippen LogP) is -0.427. The third-order valence-corrected chi connectivity index (χ3v) is 1.37. The van der Waals surface area contributed by atoms with Crippen LogP contribution in [0.4, 0.5) is 0 Å². The molecule has 0 saturated heterocycles. The number of carbonyl (C=O) groups is 2. The molecule has 0 heterocycles. The summed E-state index contributed by atoms with van der Waals surface area (Å²) < 4.78 is 4.77. The first kappa shape index (κ1) is 11.9. The van der Waals surface area contributed by atoms with Crippen LogP contribution >= 0.6 is 0 Å². The van der Waals surface area contributed by atoms with Gasteiger partial charge in [-0.25, -0.2) is 4.79 Å². The van der Waals surface area contributed by atoms with E-state index in [1.54, 1.807) is 25.9 Å². The second-order valence-corrected chi connectivity index (χ2v) is 2.82. The molecule has 0 rings (SSSR count). The quantitative estimate of drug-likeness (QED) is 0.480. The maximum absolute atomic E-state index is 11.2. The second-order valence-electron chi connectivity index (χ2n) is 2.82. The zero-order valence-corrected chi connectivity index (χ0v) is 8.46. The SMILES string of the molecule is CCOC(=O)[C@H](NC(C)=O)N(C)C. The fourth-order valence-corrected chi connectivity index (χ4v) is 0.813. The number of nitrogens with one attached hydrogen (secondary N) is 1. The minimum Gasteiger partial charge on any atom is -0.463 e. The lowest BCUT2D eigenvalue weighted by Gasteiger charge is -2.22. The molecule has 5 nitrogen and oxygen atoms in total. The number of ether oxygens (including phenoxy) is 1. The molecule has 0 aliphatic rings. The Morgan fingerprint density at radius 3 is 2.31 bits per heavy atom. The van der Waals surface area contributed by atoms with Crippen LogP contribution in [0.25, 0.3) is 0 Å². The Balaban J connectivity index is 4.24. The van der Waals surface area contributed by atoms with Gasteiger partial charge in [-0.2, -0.15) is 0 Å². The summed E-state index contributed by atoms with van der Waals surface area (Å²) in [6, 6.07) is 0. The molecule has 0 aliphatic carbocycles. The molecule has 1 atom stereocenters. The number of hydrogen-bond donors (Lipinski definition) is 1. The van der Waals surface area contributed by atoms with E-state index in [1.807, 2.05) is 0 Å². The molecule has 0 unspecified atom stereocenters. The van der Waals surface area contributed by atoms with E-state index < -0.39 is 12.1 Å². The van der Waals surface area contributed by atoms with E-state index in [0.717, 1.165) is 0 Å². The Hall–Kier alpha value is -1.10. The topological polar surface area (TPSA) is 58.6 Å². The van der Waals surface area contributed by atoms with Gasteiger partial charge < -0.3 is 10.1 Å². The van der Waals surface area contributed by atoms with Crippen LogP contribution in [-0.2, 0) is 14.3 Å². The van der Waals surface area contributed by atoms with Crippen molar-refractivity contribution in [1.29, 1.82) is 0 Å². The number of rotatable bonds is 4. The van der Waals surface area contributed by atoms with E-state index in [1.165, 1.54) is 6.92 Å². The molecule has 0 radical (unpaired) electrons. The van der Waals surface area contributed by atoms with Crippen LogP contribution in [0.5, 0.6) is 0 Å². The monoisotopic (exact) mass is 188 g/mol. The molecule has 5 heteroatoms. The predicted molar refractivity (Wildman–Crippen MR) is 47.9 cm³/mol. The lowest BCUT2D eigenvalue weighted by Crippen LogP contribution is -2.50. The minimum atomic E-state index is -0.697. The van der Waals surface area contributed by atoms with Crippen molar-refractivity contribution in [2.45, 2.75) is 20.0 Å². The van der Waals surface area contributed by atoms with Crippen LogP contribution in [0.2, 0.25) is 0 Å². The van der Waals surface area contributed by atoms with Crippen LogP contribution in [-0.4, -0.2) is 43.6 Å². The molecular weight excluding hydrogens is 172 g/mol. The fraction of sp³-hybridized carbons (Fsp3) is 0.750. The van der Waals surface area contributed by atoms with Crippen molar-refractivity contribution >= 4 is 11.9 Å². The molecule has 0 aromatic carbocycles. The maximum atomic E-state index is 11.2. The number of carbonyl (C=O) groups excluding carboxylic acids is 2. The van der Waals surface area contributed by atoms with Crippen molar-refractivity contribution in [2.75, 3.05) is 20.7 Å². The zero-order chi connectivity index (χ0) is 10.4. The molecule has 1 N–H and O–H groups in total. The van der Waals surface area contributed by atoms with Crippen molar-refractivity contribution in [1.82, 2.24) is 10.2 Å². The lowest BCUT2D eigenvalue weighted by molar-refractivity contribution is -0.151. The standard InChI is InChI=1S/C8H16N2O3/c1-5-13-8(12)7(10(3)4)9-6(2)11/h7H,5H2,1-4H3,(H,9,11)/t7-/m1/s1. The smallest absolute Gasteiger partial charge is 0.344 e. The van der Waals surface area contributed by atoms with Crippen molar-refractivity contribution < 1.29 is 14.3 Å². The number of nitrogens with zero attached hydrogens (tertiary/aromatic N) is 1. The summed E-state index contributed by atoms with van der Waals surface area (Å²) in [6.45, 7) is 3.39. The molecule has 1 amide bonds. The molecule has 0 fully saturated rings. The molecular formula is C8H16N2O3. The van der Waals surface area contributed by atoms with Gasteiger partial charge in [0.25, 0.3) is 0 Å². The van der Waals surface area contributed by atoms with E-state index in [0.29, 0.717) is 6.61 Å². The highest BCUT2D eigenvalue weighted by Gasteiger charge is 2.22. The largest absolute Gasteiger partial charge is 0.463 e. The van der Waals surface area contributed by atoms with Gasteiger partial charge in [0.15, 0.2) is 6.17 Å². The molecule has 0 aliphatic heterocycles. The van der Waals surface area contributed by atoms with Crippen molar-refractivity contribution in [2.24, 2.45) is 0 Å². The van der Waals surface area contributed by atoms with E-state index in [2.05, 4.69) is 5.32 Å². The van der Waals surface area contributed by atoms with Crippen LogP contribution < -0.4 is 5.32 Å². The van der Waals surface area contributed by atoms with Crippen LogP contribution in [0, 0.1) is 0 Å². The van der Waals surface area contributed by atoms with Gasteiger partial charge >= 0.3 is 5.97 Å². The Labute approximate surface area is 78.0 Å². The Bertz CT molecular complexity index is 192. The first-order chi connectivity index (χ1) is 5.99. The third kappa shape index (κ3) is 4.47. The number of hydrogen-bond acceptors (Lipinski definition) is 4. The highest BCUT2D eigenvalue weighted by atomic mass is 16.5. The van der Waals surface area contributed by atoms with Gasteiger partial charge in [-0.05, 0) is 21.0 Å². The maximum Gasteiger partial charge on any atom is 0.344 e. The lowest BCUT2D eigenvalue weighted by atomic mass is 10.4. The molecule has 76 valence electrons. The van der Waals surface area contributed by atoms with Gasteiger partial charge in [0.2, 0.25) is 5.91 Å². The Kier molecular flexibility index (Phi) is 5.06. The van der Waals surface area contributed by atoms with Crippen LogP contribution in [0.15, 0.2) is 0 Å². The molecule has 0 aromatic heterocycles. The number of esters is 1. The second kappa shape index (κ2) is 5.53. The van der Waals surface area contributed by atoms with E-state index >= 15 is 0 Å². The minimum absolute atomic E-state index is 0.258. The van der Waals surface area contributed by atoms with Crippen molar-refractivity contribution in [3.05, 3.63) is 0 Å². The Morgan fingerprint density at radius 2 is 2.00 bits per heavy atom. The van der Waals surface area contributed by atoms with Gasteiger partial charge in [-0.3, -0.25) is 9.69 Å². The summed E-state index contributed by atoms with van der Waals surface area (Å²) in [5.74, 6) is -0.700. The number of amides is 1. The van der Waals surface area contributed by atoms with Gasteiger partial charge in [0.05, 0.1) is 6.61 Å². The molecule has 0 saturated carbocycles. The number of likely N-dealkylation sites (N-methyl/N-ethyl adjacent to an activating group) is 1. The first-order valence-electron chi connectivity index (χ1n) is 4.09. The van der Waals surface area contributed by atoms with E-state index in [4.69, 9.17) is 4.74 Å². The van der Waals surface area contributed by atoms with Crippen molar-refractivity contribution in [3.63, 3.8) is 0 Å². The van der Waals surface area contributed by atoms with Gasteiger partial charge in [-0.15, -0.1) is 0 Å². The summed E-state index contributed by atoms with van der Waals surface area (Å²) in [5.41, 5.74) is 0. The van der Waals surface area contributed by atoms with Gasteiger partial charge in [0, 0.05) is 6.92 Å². The first-order valence-corrected chi connectivity index (χ1v) is 4.09. The summed E-state index contributed by atoms with van der Waals surface area (Å²) in [6.07, 6.45) is -0.697. The van der Waals surface area contributed by atoms with Crippen LogP contribution in [0.3, 0.4) is 0 Å². The summed E-state index contributed by atoms with van der Waals surface area (Å²) in [4.78, 5) is 23.5. The summed E-state index contributed by atoms with van der Waals surface area (Å²) >= 11 is 0. The van der Waals surface area contributed by atoms with E-state index in [-0.39, 0.29) is 5.91 Å². The van der Waals surface area contributed by atoms with Crippen molar-refractivity contribution in [3.8, 4) is 0 Å². The molecule has 13 heavy (non-hydrogen) atoms. The highest BCUT2D eigenvalue weighted by molar-refractivity contribution is 5.82. The summed E-state index contributed by atoms with van der Waals surface area (Å²) in [5, 5.41) is 2.48. The normalized spacial score (nSPS) is 12.4. The average Bonchev–Trinajstić information content (AvgIpc) is 1.99. The molecule has 0 aromatic rings. The average molecular weight is 188 g/mol. The summed E-state index contributed by atoms with van der Waals surface area (Å²) in [7, 11) is 3.38. The molecule has 0 spiro atoms. The molecule has 0 bridgehead atoms. The van der Waals surface area contributed by atoms with Gasteiger partial charge in [-0.1, -0.05) is 0 Å². The zero-order valence-electron chi connectivity index (χ0n) is 8.46. The van der Waals surface area contributed by atoms with E-state index in [9.17, 15) is 9.59 Å². The highest BCUT2D eigenvalue weighted by Crippen LogP contribution is 1.92. The van der Waals surface area contributed by atoms with Gasteiger partial charge in [0.1, 0.15) is 0 Å². The third-order valence-electron chi connectivity index (χ3n) is 1.37. The Morgan fingerprint density at radius 1 is 1.46 bits per heavy atom. The van der Waals surface area contributed by atoms with Crippen LogP contribution in [0.1, 0.15) is 13.8 Å². The fourth-order valence-electron chi connectivity index (χ4n) is 0.813.